The molecule has 4 nitrogen and oxygen atoms in total. The van der Waals surface area contributed by atoms with E-state index in [4.69, 9.17) is 0 Å². The minimum Gasteiger partial charge on any atom is -0.480 e. The summed E-state index contributed by atoms with van der Waals surface area (Å²) in [4.78, 5) is 16.1. The summed E-state index contributed by atoms with van der Waals surface area (Å²) in [6.07, 6.45) is 4.42. The molecule has 2 aliphatic rings. The Morgan fingerprint density at radius 2 is 2.06 bits per heavy atom. The van der Waals surface area contributed by atoms with Crippen LogP contribution < -0.4 is 0 Å². The Morgan fingerprint density at radius 1 is 1.41 bits per heavy atom. The molecule has 17 heavy (non-hydrogen) atoms. The van der Waals surface area contributed by atoms with Crippen molar-refractivity contribution in [2.24, 2.45) is 5.92 Å². The van der Waals surface area contributed by atoms with Crippen molar-refractivity contribution in [1.82, 2.24) is 9.80 Å². The van der Waals surface area contributed by atoms with Gasteiger partial charge < -0.3 is 10.0 Å². The number of hydrogen-bond donors (Lipinski definition) is 1. The molecule has 2 rings (SSSR count). The maximum Gasteiger partial charge on any atom is 0.324 e. The van der Waals surface area contributed by atoms with Gasteiger partial charge in [0.15, 0.2) is 0 Å². The van der Waals surface area contributed by atoms with E-state index in [9.17, 15) is 9.90 Å². The van der Waals surface area contributed by atoms with Gasteiger partial charge in [0.2, 0.25) is 0 Å². The Labute approximate surface area is 104 Å². The van der Waals surface area contributed by atoms with E-state index in [1.165, 1.54) is 0 Å². The number of nitrogens with zero attached hydrogens (tertiary/aromatic N) is 2. The molecular weight excluding hydrogens is 216 g/mol. The van der Waals surface area contributed by atoms with E-state index in [0.29, 0.717) is 12.0 Å². The van der Waals surface area contributed by atoms with Crippen LogP contribution in [0.2, 0.25) is 0 Å². The summed E-state index contributed by atoms with van der Waals surface area (Å²) in [5.41, 5.74) is -0.628. The topological polar surface area (TPSA) is 43.8 Å². The molecule has 1 aliphatic carbocycles. The van der Waals surface area contributed by atoms with Crippen molar-refractivity contribution in [3.05, 3.63) is 0 Å². The zero-order valence-electron chi connectivity index (χ0n) is 11.1. The number of carboxylic acid groups (broad SMARTS) is 1. The van der Waals surface area contributed by atoms with Crippen LogP contribution >= 0.6 is 0 Å². The molecule has 1 aliphatic heterocycles. The first-order valence-electron chi connectivity index (χ1n) is 6.61. The maximum absolute atomic E-state index is 11.7. The second-order valence-corrected chi connectivity index (χ2v) is 5.98. The van der Waals surface area contributed by atoms with Crippen molar-refractivity contribution >= 4 is 5.97 Å². The first-order chi connectivity index (χ1) is 7.96. The molecule has 2 unspecified atom stereocenters. The Kier molecular flexibility index (Phi) is 3.46. The molecule has 0 aromatic rings. The zero-order chi connectivity index (χ0) is 12.6. The van der Waals surface area contributed by atoms with E-state index in [0.717, 1.165) is 38.8 Å². The smallest absolute Gasteiger partial charge is 0.324 e. The molecule has 0 bridgehead atoms. The lowest BCUT2D eigenvalue weighted by Gasteiger charge is -2.40. The molecule has 98 valence electrons. The second-order valence-electron chi connectivity index (χ2n) is 5.98. The largest absolute Gasteiger partial charge is 0.480 e. The van der Waals surface area contributed by atoms with Crippen LogP contribution in [0.3, 0.4) is 0 Å². The van der Waals surface area contributed by atoms with Gasteiger partial charge in [-0.1, -0.05) is 0 Å². The van der Waals surface area contributed by atoms with Crippen LogP contribution in [0, 0.1) is 5.92 Å². The summed E-state index contributed by atoms with van der Waals surface area (Å²) < 4.78 is 0. The SMILES string of the molecule is CN(C)CC1CCCN1C(C)(C(=O)O)C1CC1. The van der Waals surface area contributed by atoms with E-state index in [1.807, 2.05) is 6.92 Å². The van der Waals surface area contributed by atoms with Crippen molar-refractivity contribution in [3.8, 4) is 0 Å². The van der Waals surface area contributed by atoms with Gasteiger partial charge in [-0.25, -0.2) is 0 Å². The van der Waals surface area contributed by atoms with Crippen LogP contribution in [0.5, 0.6) is 0 Å². The first-order valence-corrected chi connectivity index (χ1v) is 6.61. The molecule has 1 N–H and O–H groups in total. The summed E-state index contributed by atoms with van der Waals surface area (Å²) in [6.45, 7) is 3.84. The standard InChI is InChI=1S/C13H24N2O2/c1-13(12(16)17,10-6-7-10)15-8-4-5-11(15)9-14(2)3/h10-11H,4-9H2,1-3H3,(H,16,17). The normalized spacial score (nSPS) is 29.5. The summed E-state index contributed by atoms with van der Waals surface area (Å²) in [7, 11) is 4.12. The monoisotopic (exact) mass is 240 g/mol. The van der Waals surface area contributed by atoms with Gasteiger partial charge in [-0.15, -0.1) is 0 Å². The number of rotatable bonds is 5. The van der Waals surface area contributed by atoms with Gasteiger partial charge in [0.25, 0.3) is 0 Å². The average Bonchev–Trinajstić information content (AvgIpc) is 2.98. The molecule has 0 aromatic heterocycles. The fourth-order valence-corrected chi connectivity index (χ4v) is 3.24. The van der Waals surface area contributed by atoms with Crippen LogP contribution in [0.15, 0.2) is 0 Å². The highest BCUT2D eigenvalue weighted by Gasteiger charge is 2.54. The fraction of sp³-hybridized carbons (Fsp3) is 0.923. The second kappa shape index (κ2) is 4.58. The summed E-state index contributed by atoms with van der Waals surface area (Å²) >= 11 is 0. The van der Waals surface area contributed by atoms with Crippen LogP contribution in [0.4, 0.5) is 0 Å². The minimum atomic E-state index is -0.634. The predicted molar refractivity (Wildman–Crippen MR) is 67.0 cm³/mol. The third kappa shape index (κ3) is 2.33. The molecule has 1 saturated carbocycles. The molecule has 1 saturated heterocycles. The van der Waals surface area contributed by atoms with Gasteiger partial charge in [0, 0.05) is 12.6 Å². The highest BCUT2D eigenvalue weighted by atomic mass is 16.4. The number of carboxylic acids is 1. The highest BCUT2D eigenvalue weighted by Crippen LogP contribution is 2.45. The molecule has 2 fully saturated rings. The van der Waals surface area contributed by atoms with E-state index in [-0.39, 0.29) is 0 Å². The Bertz CT molecular complexity index is 302. The molecule has 0 radical (unpaired) electrons. The zero-order valence-corrected chi connectivity index (χ0v) is 11.1. The number of aliphatic carboxylic acids is 1. The van der Waals surface area contributed by atoms with Crippen LogP contribution in [-0.2, 0) is 4.79 Å². The summed E-state index contributed by atoms with van der Waals surface area (Å²) in [6, 6.07) is 0.409. The van der Waals surface area contributed by atoms with Gasteiger partial charge in [0.05, 0.1) is 0 Å². The maximum atomic E-state index is 11.7. The third-order valence-corrected chi connectivity index (χ3v) is 4.35. The lowest BCUT2D eigenvalue weighted by atomic mass is 9.92. The lowest BCUT2D eigenvalue weighted by Crippen LogP contribution is -2.57. The van der Waals surface area contributed by atoms with Crippen molar-refractivity contribution in [1.29, 1.82) is 0 Å². The first kappa shape index (κ1) is 12.8. The summed E-state index contributed by atoms with van der Waals surface area (Å²) in [5, 5.41) is 9.60. The lowest BCUT2D eigenvalue weighted by molar-refractivity contribution is -0.153. The highest BCUT2D eigenvalue weighted by molar-refractivity contribution is 5.79. The molecule has 4 heteroatoms. The Morgan fingerprint density at radius 3 is 2.53 bits per heavy atom. The average molecular weight is 240 g/mol. The van der Waals surface area contributed by atoms with Crippen molar-refractivity contribution < 1.29 is 9.90 Å². The number of likely N-dealkylation sites (N-methyl/N-ethyl adjacent to an activating group) is 1. The van der Waals surface area contributed by atoms with Gasteiger partial charge >= 0.3 is 5.97 Å². The van der Waals surface area contributed by atoms with Gasteiger partial charge in [-0.05, 0) is 59.2 Å². The quantitative estimate of drug-likeness (QED) is 0.786. The van der Waals surface area contributed by atoms with Gasteiger partial charge in [0.1, 0.15) is 5.54 Å². The van der Waals surface area contributed by atoms with Crippen LogP contribution in [-0.4, -0.2) is 59.6 Å². The van der Waals surface area contributed by atoms with Crippen molar-refractivity contribution in [2.45, 2.75) is 44.2 Å². The molecule has 0 spiro atoms. The van der Waals surface area contributed by atoms with Gasteiger partial charge in [-0.3, -0.25) is 9.69 Å². The Balaban J connectivity index is 2.15. The van der Waals surface area contributed by atoms with E-state index in [2.05, 4.69) is 23.9 Å². The number of likely N-dealkylation sites (tertiary alicyclic amines) is 1. The molecule has 0 aromatic carbocycles. The summed E-state index contributed by atoms with van der Waals surface area (Å²) in [5.74, 6) is -0.270. The molecule has 0 amide bonds. The molecule has 2 atom stereocenters. The number of carbonyl (C=O) groups is 1. The van der Waals surface area contributed by atoms with Crippen LogP contribution in [0.1, 0.15) is 32.6 Å². The van der Waals surface area contributed by atoms with Crippen molar-refractivity contribution in [2.75, 3.05) is 27.2 Å². The number of hydrogen-bond acceptors (Lipinski definition) is 3. The van der Waals surface area contributed by atoms with Crippen LogP contribution in [0.25, 0.3) is 0 Å². The van der Waals surface area contributed by atoms with Gasteiger partial charge in [-0.2, -0.15) is 0 Å². The molecular formula is C13H24N2O2. The van der Waals surface area contributed by atoms with E-state index in [1.54, 1.807) is 0 Å². The molecule has 1 heterocycles. The fourth-order valence-electron chi connectivity index (χ4n) is 3.24. The predicted octanol–water partition coefficient (Wildman–Crippen LogP) is 1.27. The van der Waals surface area contributed by atoms with E-state index < -0.39 is 11.5 Å². The van der Waals surface area contributed by atoms with Crippen molar-refractivity contribution in [3.63, 3.8) is 0 Å². The van der Waals surface area contributed by atoms with E-state index >= 15 is 0 Å². The third-order valence-electron chi connectivity index (χ3n) is 4.35. The minimum absolute atomic E-state index is 0.364. The Hall–Kier alpha value is -0.610.